The largest absolute Gasteiger partial charge is 0.506 e. The number of fused-ring (bicyclic) bond motifs is 1. The van der Waals surface area contributed by atoms with E-state index in [-0.39, 0.29) is 11.3 Å². The number of aromatic nitrogens is 2. The normalized spacial score (nSPS) is 14.1. The Morgan fingerprint density at radius 2 is 2.00 bits per heavy atom. The summed E-state index contributed by atoms with van der Waals surface area (Å²) in [7, 11) is 0. The van der Waals surface area contributed by atoms with Crippen LogP contribution in [0.2, 0.25) is 5.02 Å². The van der Waals surface area contributed by atoms with Crippen LogP contribution in [0.5, 0.6) is 5.75 Å². The number of aromatic hydroxyl groups is 1. The van der Waals surface area contributed by atoms with Crippen molar-refractivity contribution in [1.29, 1.82) is 0 Å². The second kappa shape index (κ2) is 7.06. The first kappa shape index (κ1) is 17.6. The van der Waals surface area contributed by atoms with Crippen LogP contribution in [0.15, 0.2) is 47.3 Å². The van der Waals surface area contributed by atoms with Crippen LogP contribution in [-0.2, 0) is 19.5 Å². The SMILES string of the molecule is Nc1ccc(-c2nc3c(c(=O)[nH]2)CN(Cc2ccc(O)c(Cl)c2)CC3)cc1. The van der Waals surface area contributed by atoms with E-state index in [0.29, 0.717) is 41.6 Å². The van der Waals surface area contributed by atoms with E-state index in [0.717, 1.165) is 23.4 Å². The van der Waals surface area contributed by atoms with Crippen molar-refractivity contribution in [2.75, 3.05) is 12.3 Å². The first-order valence-corrected chi connectivity index (χ1v) is 9.05. The van der Waals surface area contributed by atoms with Gasteiger partial charge in [0.15, 0.2) is 0 Å². The van der Waals surface area contributed by atoms with Crippen molar-refractivity contribution in [2.45, 2.75) is 19.5 Å². The first-order valence-electron chi connectivity index (χ1n) is 8.67. The number of H-pyrrole nitrogens is 1. The molecule has 0 spiro atoms. The van der Waals surface area contributed by atoms with Crippen LogP contribution in [-0.4, -0.2) is 26.5 Å². The molecule has 0 atom stereocenters. The van der Waals surface area contributed by atoms with Gasteiger partial charge in [-0.3, -0.25) is 9.69 Å². The molecule has 0 radical (unpaired) electrons. The molecule has 0 aliphatic carbocycles. The molecular weight excluding hydrogens is 364 g/mol. The lowest BCUT2D eigenvalue weighted by Gasteiger charge is -2.27. The number of hydrogen-bond acceptors (Lipinski definition) is 5. The van der Waals surface area contributed by atoms with Crippen molar-refractivity contribution in [1.82, 2.24) is 14.9 Å². The molecule has 1 aliphatic rings. The van der Waals surface area contributed by atoms with E-state index >= 15 is 0 Å². The second-order valence-corrected chi connectivity index (χ2v) is 7.12. The second-order valence-electron chi connectivity index (χ2n) is 6.71. The number of phenolic OH excluding ortho intramolecular Hbond substituents is 1. The summed E-state index contributed by atoms with van der Waals surface area (Å²) in [5.74, 6) is 0.637. The van der Waals surface area contributed by atoms with E-state index in [1.54, 1.807) is 24.3 Å². The number of halogens is 1. The highest BCUT2D eigenvalue weighted by atomic mass is 35.5. The lowest BCUT2D eigenvalue weighted by Crippen LogP contribution is -2.35. The molecule has 0 bridgehead atoms. The van der Waals surface area contributed by atoms with Gasteiger partial charge in [-0.15, -0.1) is 0 Å². The minimum atomic E-state index is -0.111. The van der Waals surface area contributed by atoms with Gasteiger partial charge in [0.1, 0.15) is 11.6 Å². The number of benzene rings is 2. The van der Waals surface area contributed by atoms with Gasteiger partial charge in [0.2, 0.25) is 0 Å². The summed E-state index contributed by atoms with van der Waals surface area (Å²) in [6.07, 6.45) is 0.701. The molecule has 4 N–H and O–H groups in total. The molecule has 6 nitrogen and oxygen atoms in total. The maximum absolute atomic E-state index is 12.6. The molecule has 27 heavy (non-hydrogen) atoms. The van der Waals surface area contributed by atoms with Crippen LogP contribution < -0.4 is 11.3 Å². The number of rotatable bonds is 3. The number of nitrogens with zero attached hydrogens (tertiary/aromatic N) is 2. The quantitative estimate of drug-likeness (QED) is 0.605. The Kier molecular flexibility index (Phi) is 4.59. The molecule has 3 aromatic rings. The highest BCUT2D eigenvalue weighted by molar-refractivity contribution is 6.32. The Morgan fingerprint density at radius 1 is 1.22 bits per heavy atom. The van der Waals surface area contributed by atoms with E-state index < -0.39 is 0 Å². The van der Waals surface area contributed by atoms with E-state index in [1.165, 1.54) is 0 Å². The third kappa shape index (κ3) is 3.67. The fourth-order valence-electron chi connectivity index (χ4n) is 3.30. The van der Waals surface area contributed by atoms with Crippen LogP contribution in [0.25, 0.3) is 11.4 Å². The van der Waals surface area contributed by atoms with Crippen molar-refractivity contribution < 1.29 is 5.11 Å². The fraction of sp³-hybridized carbons (Fsp3) is 0.200. The Bertz CT molecular complexity index is 1050. The summed E-state index contributed by atoms with van der Waals surface area (Å²) in [6.45, 7) is 1.97. The van der Waals surface area contributed by atoms with Gasteiger partial charge >= 0.3 is 0 Å². The number of nitrogens with one attached hydrogen (secondary N) is 1. The van der Waals surface area contributed by atoms with Crippen molar-refractivity contribution in [2.24, 2.45) is 0 Å². The molecule has 2 heterocycles. The minimum absolute atomic E-state index is 0.0697. The van der Waals surface area contributed by atoms with Gasteiger partial charge in [-0.25, -0.2) is 4.98 Å². The molecule has 0 fully saturated rings. The molecule has 7 heteroatoms. The zero-order valence-electron chi connectivity index (χ0n) is 14.6. The summed E-state index contributed by atoms with van der Waals surface area (Å²) >= 11 is 5.98. The topological polar surface area (TPSA) is 95.2 Å². The highest BCUT2D eigenvalue weighted by Gasteiger charge is 2.21. The smallest absolute Gasteiger partial charge is 0.255 e. The highest BCUT2D eigenvalue weighted by Crippen LogP contribution is 2.25. The number of hydrogen-bond donors (Lipinski definition) is 3. The molecule has 1 aromatic heterocycles. The fourth-order valence-corrected chi connectivity index (χ4v) is 3.50. The molecule has 0 unspecified atom stereocenters. The zero-order valence-corrected chi connectivity index (χ0v) is 15.3. The van der Waals surface area contributed by atoms with Crippen molar-refractivity contribution in [3.63, 3.8) is 0 Å². The number of nitrogen functional groups attached to an aromatic ring is 1. The van der Waals surface area contributed by atoms with Gasteiger partial charge in [-0.2, -0.15) is 0 Å². The molecule has 1 aliphatic heterocycles. The average molecular weight is 383 g/mol. The van der Waals surface area contributed by atoms with Gasteiger partial charge in [-0.05, 0) is 42.0 Å². The maximum Gasteiger partial charge on any atom is 0.255 e. The first-order chi connectivity index (χ1) is 13.0. The van der Waals surface area contributed by atoms with Crippen LogP contribution in [0, 0.1) is 0 Å². The number of nitrogens with two attached hydrogens (primary N) is 1. The molecule has 0 saturated heterocycles. The van der Waals surface area contributed by atoms with Crippen LogP contribution in [0.3, 0.4) is 0 Å². The molecule has 2 aromatic carbocycles. The monoisotopic (exact) mass is 382 g/mol. The lowest BCUT2D eigenvalue weighted by molar-refractivity contribution is 0.242. The summed E-state index contributed by atoms with van der Waals surface area (Å²) in [5, 5.41) is 9.88. The van der Waals surface area contributed by atoms with Crippen LogP contribution in [0.4, 0.5) is 5.69 Å². The van der Waals surface area contributed by atoms with Gasteiger partial charge in [0, 0.05) is 37.3 Å². The van der Waals surface area contributed by atoms with Gasteiger partial charge in [0.05, 0.1) is 16.3 Å². The molecule has 0 saturated carbocycles. The molecule has 4 rings (SSSR count). The average Bonchev–Trinajstić information content (AvgIpc) is 2.66. The van der Waals surface area contributed by atoms with Crippen molar-refractivity contribution in [3.05, 3.63) is 74.7 Å². The van der Waals surface area contributed by atoms with Crippen LogP contribution >= 0.6 is 11.6 Å². The number of phenols is 1. The standard InChI is InChI=1S/C20H19ClN4O2/c21-16-9-12(1-6-18(16)26)10-25-8-7-17-15(11-25)20(27)24-19(23-17)13-2-4-14(22)5-3-13/h1-6,9,26H,7-8,10-11,22H2,(H,23,24,27). The van der Waals surface area contributed by atoms with E-state index in [1.807, 2.05) is 18.2 Å². The van der Waals surface area contributed by atoms with E-state index in [2.05, 4.69) is 14.9 Å². The third-order valence-electron chi connectivity index (χ3n) is 4.75. The molecule has 138 valence electrons. The number of aromatic amines is 1. The van der Waals surface area contributed by atoms with Crippen molar-refractivity contribution >= 4 is 17.3 Å². The predicted octanol–water partition coefficient (Wildman–Crippen LogP) is 2.94. The number of anilines is 1. The van der Waals surface area contributed by atoms with Crippen LogP contribution in [0.1, 0.15) is 16.8 Å². The maximum atomic E-state index is 12.6. The summed E-state index contributed by atoms with van der Waals surface area (Å²) < 4.78 is 0. The summed E-state index contributed by atoms with van der Waals surface area (Å²) in [6, 6.07) is 12.5. The van der Waals surface area contributed by atoms with Crippen molar-refractivity contribution in [3.8, 4) is 17.1 Å². The predicted molar refractivity (Wildman–Crippen MR) is 106 cm³/mol. The summed E-state index contributed by atoms with van der Waals surface area (Å²) in [4.78, 5) is 22.3. The van der Waals surface area contributed by atoms with E-state index in [9.17, 15) is 9.90 Å². The molecular formula is C20H19ClN4O2. The Hall–Kier alpha value is -2.83. The van der Waals surface area contributed by atoms with E-state index in [4.69, 9.17) is 17.3 Å². The molecule has 0 amide bonds. The Labute approximate surface area is 161 Å². The summed E-state index contributed by atoms with van der Waals surface area (Å²) in [5.41, 5.74) is 9.65. The van der Waals surface area contributed by atoms with Gasteiger partial charge in [0.25, 0.3) is 5.56 Å². The third-order valence-corrected chi connectivity index (χ3v) is 5.05. The lowest BCUT2D eigenvalue weighted by atomic mass is 10.1. The Morgan fingerprint density at radius 3 is 2.74 bits per heavy atom. The van der Waals surface area contributed by atoms with Gasteiger partial charge in [-0.1, -0.05) is 17.7 Å². The minimum Gasteiger partial charge on any atom is -0.506 e. The zero-order chi connectivity index (χ0) is 19.0. The Balaban J connectivity index is 1.57. The van der Waals surface area contributed by atoms with Gasteiger partial charge < -0.3 is 15.8 Å².